The van der Waals surface area contributed by atoms with Gasteiger partial charge in [0, 0.05) is 12.5 Å². The van der Waals surface area contributed by atoms with Crippen LogP contribution in [0.1, 0.15) is 38.4 Å². The minimum Gasteiger partial charge on any atom is -0.465 e. The molecule has 1 aliphatic rings. The minimum absolute atomic E-state index is 0.0862. The van der Waals surface area contributed by atoms with Crippen LogP contribution in [0.3, 0.4) is 0 Å². The zero-order valence-electron chi connectivity index (χ0n) is 14.9. The first-order chi connectivity index (χ1) is 12.6. The predicted octanol–water partition coefficient (Wildman–Crippen LogP) is 2.02. The Kier molecular flexibility index (Phi) is 5.35. The number of esters is 2. The third-order valence-corrected chi connectivity index (χ3v) is 4.62. The number of benzene rings is 1. The van der Waals surface area contributed by atoms with Crippen LogP contribution in [0.15, 0.2) is 29.1 Å². The number of carbonyl (C=O) groups is 2. The summed E-state index contributed by atoms with van der Waals surface area (Å²) in [5.41, 5.74) is 0.538. The highest BCUT2D eigenvalue weighted by Gasteiger charge is 2.36. The molecule has 3 rings (SSSR count). The van der Waals surface area contributed by atoms with Crippen LogP contribution < -0.4 is 5.56 Å². The van der Waals surface area contributed by atoms with Crippen molar-refractivity contribution in [1.82, 2.24) is 9.55 Å². The van der Waals surface area contributed by atoms with Gasteiger partial charge in [-0.25, -0.2) is 4.98 Å². The zero-order chi connectivity index (χ0) is 18.7. The van der Waals surface area contributed by atoms with E-state index in [1.54, 1.807) is 30.5 Å². The van der Waals surface area contributed by atoms with Crippen molar-refractivity contribution in [3.63, 3.8) is 0 Å². The fourth-order valence-electron chi connectivity index (χ4n) is 3.41. The maximum atomic E-state index is 12.7. The summed E-state index contributed by atoms with van der Waals surface area (Å²) in [5.74, 6) is -1.74. The summed E-state index contributed by atoms with van der Waals surface area (Å²) in [4.78, 5) is 41.7. The number of fused-ring (bicyclic) bond motifs is 2. The average molecular weight is 358 g/mol. The fourth-order valence-corrected chi connectivity index (χ4v) is 3.41. The van der Waals surface area contributed by atoms with Gasteiger partial charge in [-0.3, -0.25) is 19.0 Å². The van der Waals surface area contributed by atoms with Crippen molar-refractivity contribution in [2.24, 2.45) is 5.92 Å². The second-order valence-corrected chi connectivity index (χ2v) is 6.22. The summed E-state index contributed by atoms with van der Waals surface area (Å²) >= 11 is 0. The van der Waals surface area contributed by atoms with E-state index in [1.165, 1.54) is 0 Å². The Morgan fingerprint density at radius 1 is 1.19 bits per heavy atom. The molecule has 2 aromatic rings. The average Bonchev–Trinajstić information content (AvgIpc) is 3.03. The van der Waals surface area contributed by atoms with Crippen molar-refractivity contribution in [2.75, 3.05) is 13.2 Å². The number of rotatable bonds is 6. The van der Waals surface area contributed by atoms with Gasteiger partial charge in [-0.05, 0) is 38.8 Å². The maximum absolute atomic E-state index is 12.7. The van der Waals surface area contributed by atoms with Gasteiger partial charge < -0.3 is 9.47 Å². The number of ether oxygens (including phenoxy) is 2. The van der Waals surface area contributed by atoms with Gasteiger partial charge >= 0.3 is 11.9 Å². The SMILES string of the molecule is CCOC(=O)C(CC1CCn2c1nc1ccccc1c2=O)C(=O)OCC. The highest BCUT2D eigenvalue weighted by molar-refractivity contribution is 5.95. The van der Waals surface area contributed by atoms with Crippen LogP contribution in [-0.4, -0.2) is 34.7 Å². The number of carbonyl (C=O) groups excluding carboxylic acids is 2. The molecule has 0 N–H and O–H groups in total. The maximum Gasteiger partial charge on any atom is 0.320 e. The number of hydrogen-bond donors (Lipinski definition) is 0. The molecule has 0 bridgehead atoms. The van der Waals surface area contributed by atoms with Crippen molar-refractivity contribution in [2.45, 2.75) is 39.2 Å². The molecule has 0 saturated carbocycles. The first-order valence-electron chi connectivity index (χ1n) is 8.89. The molecule has 0 radical (unpaired) electrons. The Hall–Kier alpha value is -2.70. The Morgan fingerprint density at radius 2 is 1.85 bits per heavy atom. The van der Waals surface area contributed by atoms with E-state index in [4.69, 9.17) is 9.47 Å². The van der Waals surface area contributed by atoms with E-state index in [0.29, 0.717) is 29.7 Å². The Balaban J connectivity index is 1.93. The highest BCUT2D eigenvalue weighted by atomic mass is 16.6. The van der Waals surface area contributed by atoms with E-state index in [-0.39, 0.29) is 31.1 Å². The van der Waals surface area contributed by atoms with E-state index in [0.717, 1.165) is 0 Å². The van der Waals surface area contributed by atoms with Crippen molar-refractivity contribution in [3.05, 3.63) is 40.4 Å². The van der Waals surface area contributed by atoms with E-state index in [9.17, 15) is 14.4 Å². The van der Waals surface area contributed by atoms with Gasteiger partial charge in [-0.1, -0.05) is 12.1 Å². The van der Waals surface area contributed by atoms with Gasteiger partial charge in [0.2, 0.25) is 0 Å². The van der Waals surface area contributed by atoms with Crippen LogP contribution >= 0.6 is 0 Å². The minimum atomic E-state index is -1.00. The lowest BCUT2D eigenvalue weighted by Gasteiger charge is -2.18. The quantitative estimate of drug-likeness (QED) is 0.580. The summed E-state index contributed by atoms with van der Waals surface area (Å²) in [6.45, 7) is 4.29. The third kappa shape index (κ3) is 3.34. The smallest absolute Gasteiger partial charge is 0.320 e. The molecular formula is C19H22N2O5. The van der Waals surface area contributed by atoms with Crippen molar-refractivity contribution in [3.8, 4) is 0 Å². The van der Waals surface area contributed by atoms with Gasteiger partial charge in [0.1, 0.15) is 5.82 Å². The van der Waals surface area contributed by atoms with E-state index in [1.807, 2.05) is 12.1 Å². The molecule has 7 nitrogen and oxygen atoms in total. The van der Waals surface area contributed by atoms with E-state index in [2.05, 4.69) is 4.98 Å². The number of para-hydroxylation sites is 1. The van der Waals surface area contributed by atoms with Crippen LogP contribution in [0.2, 0.25) is 0 Å². The summed E-state index contributed by atoms with van der Waals surface area (Å²) in [5, 5.41) is 0.573. The second kappa shape index (κ2) is 7.68. The molecule has 7 heteroatoms. The highest BCUT2D eigenvalue weighted by Crippen LogP contribution is 2.32. The number of hydrogen-bond acceptors (Lipinski definition) is 6. The van der Waals surface area contributed by atoms with Gasteiger partial charge in [0.15, 0.2) is 5.92 Å². The second-order valence-electron chi connectivity index (χ2n) is 6.22. The molecule has 1 aromatic heterocycles. The van der Waals surface area contributed by atoms with E-state index < -0.39 is 17.9 Å². The lowest BCUT2D eigenvalue weighted by molar-refractivity contribution is -0.162. The molecule has 26 heavy (non-hydrogen) atoms. The monoisotopic (exact) mass is 358 g/mol. The molecule has 1 aliphatic heterocycles. The molecule has 0 amide bonds. The Bertz CT molecular complexity index is 871. The molecule has 0 fully saturated rings. The van der Waals surface area contributed by atoms with Crippen LogP contribution in [0.4, 0.5) is 0 Å². The fraction of sp³-hybridized carbons (Fsp3) is 0.474. The number of nitrogens with zero attached hydrogens (tertiary/aromatic N) is 2. The normalized spacial score (nSPS) is 15.9. The Labute approximate surface area is 150 Å². The van der Waals surface area contributed by atoms with Gasteiger partial charge in [0.25, 0.3) is 5.56 Å². The topological polar surface area (TPSA) is 87.5 Å². The van der Waals surface area contributed by atoms with Crippen LogP contribution in [0, 0.1) is 5.92 Å². The van der Waals surface area contributed by atoms with E-state index >= 15 is 0 Å². The molecule has 1 unspecified atom stereocenters. The number of aromatic nitrogens is 2. The molecule has 0 aliphatic carbocycles. The summed E-state index contributed by atoms with van der Waals surface area (Å²) in [7, 11) is 0. The molecule has 1 aromatic carbocycles. The predicted molar refractivity (Wildman–Crippen MR) is 94.7 cm³/mol. The van der Waals surface area contributed by atoms with Gasteiger partial charge in [-0.15, -0.1) is 0 Å². The largest absolute Gasteiger partial charge is 0.465 e. The third-order valence-electron chi connectivity index (χ3n) is 4.62. The van der Waals surface area contributed by atoms with Crippen molar-refractivity contribution >= 4 is 22.8 Å². The van der Waals surface area contributed by atoms with Gasteiger partial charge in [0.05, 0.1) is 24.1 Å². The molecule has 138 valence electrons. The van der Waals surface area contributed by atoms with Crippen molar-refractivity contribution in [1.29, 1.82) is 0 Å². The molecule has 0 spiro atoms. The van der Waals surface area contributed by atoms with Crippen molar-refractivity contribution < 1.29 is 19.1 Å². The Morgan fingerprint density at radius 3 is 2.50 bits per heavy atom. The summed E-state index contributed by atoms with van der Waals surface area (Å²) in [6.07, 6.45) is 0.871. The first-order valence-corrected chi connectivity index (χ1v) is 8.89. The lowest BCUT2D eigenvalue weighted by atomic mass is 9.93. The molecule has 1 atom stereocenters. The molecule has 0 saturated heterocycles. The molecular weight excluding hydrogens is 336 g/mol. The van der Waals surface area contributed by atoms with Crippen LogP contribution in [0.25, 0.3) is 10.9 Å². The first kappa shape index (κ1) is 18.1. The van der Waals surface area contributed by atoms with Crippen LogP contribution in [-0.2, 0) is 25.6 Å². The zero-order valence-corrected chi connectivity index (χ0v) is 14.9. The lowest BCUT2D eigenvalue weighted by Crippen LogP contribution is -2.30. The standard InChI is InChI=1S/C19H22N2O5/c1-3-25-18(23)14(19(24)26-4-2)11-12-9-10-21-16(12)20-15-8-6-5-7-13(15)17(21)22/h5-8,12,14H,3-4,9-11H2,1-2H3. The summed E-state index contributed by atoms with van der Waals surface area (Å²) < 4.78 is 11.7. The van der Waals surface area contributed by atoms with Gasteiger partial charge in [-0.2, -0.15) is 0 Å². The van der Waals surface area contributed by atoms with Crippen LogP contribution in [0.5, 0.6) is 0 Å². The summed E-state index contributed by atoms with van der Waals surface area (Å²) in [6, 6.07) is 7.19. The molecule has 2 heterocycles.